The van der Waals surface area contributed by atoms with Crippen molar-refractivity contribution in [2.45, 2.75) is 51.5 Å². The first-order valence-corrected chi connectivity index (χ1v) is 11.9. The fourth-order valence-electron chi connectivity index (χ4n) is 5.20. The zero-order valence-electron chi connectivity index (χ0n) is 20.9. The first-order valence-electron chi connectivity index (χ1n) is 11.9. The van der Waals surface area contributed by atoms with Gasteiger partial charge in [-0.05, 0) is 76.2 Å². The number of carbonyl (C=O) groups is 1. The molecule has 0 radical (unpaired) electrons. The summed E-state index contributed by atoms with van der Waals surface area (Å²) in [6.45, 7) is 9.18. The van der Waals surface area contributed by atoms with Crippen LogP contribution in [0.5, 0.6) is 5.75 Å². The molecule has 1 aromatic heterocycles. The maximum atomic E-state index is 13.0. The molecule has 1 aromatic carbocycles. The van der Waals surface area contributed by atoms with Crippen LogP contribution in [-0.4, -0.2) is 78.0 Å². The highest BCUT2D eigenvalue weighted by Crippen LogP contribution is 2.39. The van der Waals surface area contributed by atoms with E-state index in [1.807, 2.05) is 20.2 Å². The second-order valence-electron chi connectivity index (χ2n) is 9.86. The molecule has 190 valence electrons. The summed E-state index contributed by atoms with van der Waals surface area (Å²) in [5.74, 6) is 0.605. The molecule has 2 aromatic rings. The van der Waals surface area contributed by atoms with Gasteiger partial charge in [-0.2, -0.15) is 13.2 Å². The minimum absolute atomic E-state index is 0.0362. The highest BCUT2D eigenvalue weighted by molar-refractivity contribution is 5.93. The lowest BCUT2D eigenvalue weighted by atomic mass is 9.96. The average molecular weight is 491 g/mol. The van der Waals surface area contributed by atoms with Gasteiger partial charge in [0.2, 0.25) is 0 Å². The molecule has 1 amide bonds. The number of benzene rings is 1. The van der Waals surface area contributed by atoms with Crippen molar-refractivity contribution in [3.8, 4) is 5.75 Å². The van der Waals surface area contributed by atoms with Gasteiger partial charge in [0.05, 0.1) is 5.56 Å². The maximum absolute atomic E-state index is 13.0. The summed E-state index contributed by atoms with van der Waals surface area (Å²) in [5.41, 5.74) is 2.81. The van der Waals surface area contributed by atoms with Gasteiger partial charge in [0, 0.05) is 44.0 Å². The van der Waals surface area contributed by atoms with Gasteiger partial charge in [-0.25, -0.2) is 0 Å². The number of carbonyl (C=O) groups excluding carboxylic acids is 1. The van der Waals surface area contributed by atoms with Crippen molar-refractivity contribution < 1.29 is 22.7 Å². The quantitative estimate of drug-likeness (QED) is 0.579. The van der Waals surface area contributed by atoms with Crippen LogP contribution in [0.2, 0.25) is 0 Å². The molecule has 2 saturated heterocycles. The Bertz CT molecular complexity index is 1070. The molecule has 2 aliphatic heterocycles. The van der Waals surface area contributed by atoms with Crippen molar-refractivity contribution in [1.82, 2.24) is 19.7 Å². The van der Waals surface area contributed by atoms with E-state index in [2.05, 4.69) is 41.6 Å². The Kier molecular flexibility index (Phi) is 7.11. The van der Waals surface area contributed by atoms with E-state index >= 15 is 0 Å². The van der Waals surface area contributed by atoms with Crippen molar-refractivity contribution in [2.75, 3.05) is 40.3 Å². The van der Waals surface area contributed by atoms with E-state index in [4.69, 9.17) is 4.74 Å². The molecule has 4 rings (SSSR count). The monoisotopic (exact) mass is 490 g/mol. The lowest BCUT2D eigenvalue weighted by Crippen LogP contribution is -2.49. The molecule has 35 heavy (non-hydrogen) atoms. The Morgan fingerprint density at radius 1 is 1.14 bits per heavy atom. The van der Waals surface area contributed by atoms with Crippen molar-refractivity contribution in [1.29, 1.82) is 0 Å². The van der Waals surface area contributed by atoms with E-state index in [-0.39, 0.29) is 29.7 Å². The van der Waals surface area contributed by atoms with Crippen LogP contribution in [0.3, 0.4) is 0 Å². The van der Waals surface area contributed by atoms with Crippen molar-refractivity contribution in [3.05, 3.63) is 58.4 Å². The minimum Gasteiger partial charge on any atom is -0.492 e. The Labute approximate surface area is 204 Å². The number of piperazine rings is 1. The van der Waals surface area contributed by atoms with E-state index in [1.165, 1.54) is 17.2 Å². The summed E-state index contributed by atoms with van der Waals surface area (Å²) in [6.07, 6.45) is -2.87. The smallest absolute Gasteiger partial charge is 0.417 e. The molecule has 2 fully saturated rings. The number of likely N-dealkylation sites (N-methyl/N-ethyl adjacent to an activating group) is 1. The van der Waals surface area contributed by atoms with Gasteiger partial charge in [0.1, 0.15) is 18.1 Å². The van der Waals surface area contributed by atoms with E-state index in [0.717, 1.165) is 43.1 Å². The lowest BCUT2D eigenvalue weighted by Gasteiger charge is -2.38. The molecule has 9 heteroatoms. The van der Waals surface area contributed by atoms with Crippen molar-refractivity contribution >= 4 is 5.91 Å². The number of aromatic nitrogens is 1. The molecular weight excluding hydrogens is 457 g/mol. The van der Waals surface area contributed by atoms with Gasteiger partial charge < -0.3 is 14.5 Å². The van der Waals surface area contributed by atoms with Crippen molar-refractivity contribution in [3.63, 3.8) is 0 Å². The first kappa shape index (κ1) is 25.4. The zero-order chi connectivity index (χ0) is 25.5. The Hall–Kier alpha value is -2.65. The van der Waals surface area contributed by atoms with Gasteiger partial charge in [0.15, 0.2) is 0 Å². The largest absolute Gasteiger partial charge is 0.492 e. The number of fused-ring (bicyclic) bond motifs is 2. The Morgan fingerprint density at radius 3 is 2.46 bits per heavy atom. The van der Waals surface area contributed by atoms with Crippen LogP contribution in [0.1, 0.15) is 52.1 Å². The normalized spacial score (nSPS) is 21.1. The topological polar surface area (TPSA) is 48.9 Å². The number of alkyl halides is 3. The third-order valence-corrected chi connectivity index (χ3v) is 7.38. The second kappa shape index (κ2) is 9.78. The van der Waals surface area contributed by atoms with Crippen LogP contribution in [0, 0.1) is 13.8 Å². The molecular formula is C26H33F3N4O2. The standard InChI is InChI=1S/C26H33F3N4O2/c1-16-17(2)24(35-11-10-31(4)5)9-7-22(16)18(3)32-14-21-12-20(32)15-33(21)25(34)23-8-6-19(13-30-23)26(27,28)29/h6-9,13,18,20-21H,10-12,14-15H2,1-5H3/t18-,20-,21-/m0/s1. The van der Waals surface area contributed by atoms with Gasteiger partial charge in [0.25, 0.3) is 5.91 Å². The van der Waals surface area contributed by atoms with Crippen LogP contribution >= 0.6 is 0 Å². The molecule has 0 N–H and O–H groups in total. The molecule has 3 atom stereocenters. The number of nitrogens with zero attached hydrogens (tertiary/aromatic N) is 4. The number of hydrogen-bond acceptors (Lipinski definition) is 5. The lowest BCUT2D eigenvalue weighted by molar-refractivity contribution is -0.137. The Balaban J connectivity index is 1.41. The van der Waals surface area contributed by atoms with Gasteiger partial charge in [-0.1, -0.05) is 6.07 Å². The molecule has 2 bridgehead atoms. The van der Waals surface area contributed by atoms with Crippen LogP contribution < -0.4 is 4.74 Å². The summed E-state index contributed by atoms with van der Waals surface area (Å²) in [7, 11) is 4.04. The molecule has 0 aliphatic carbocycles. The van der Waals surface area contributed by atoms with Gasteiger partial charge in [-0.3, -0.25) is 14.7 Å². The van der Waals surface area contributed by atoms with E-state index in [0.29, 0.717) is 13.2 Å². The molecule has 0 spiro atoms. The fraction of sp³-hybridized carbons (Fsp3) is 0.538. The average Bonchev–Trinajstić information content (AvgIpc) is 3.41. The van der Waals surface area contributed by atoms with E-state index in [9.17, 15) is 18.0 Å². The molecule has 6 nitrogen and oxygen atoms in total. The highest BCUT2D eigenvalue weighted by Gasteiger charge is 2.47. The Morgan fingerprint density at radius 2 is 1.89 bits per heavy atom. The fourth-order valence-corrected chi connectivity index (χ4v) is 5.20. The molecule has 2 aliphatic rings. The summed E-state index contributed by atoms with van der Waals surface area (Å²) in [6, 6.07) is 6.70. The SMILES string of the molecule is Cc1c(OCCN(C)C)ccc([C@H](C)N2C[C@@H]3C[C@H]2CN3C(=O)c2ccc(C(F)(F)F)cn2)c1C. The minimum atomic E-state index is -4.47. The maximum Gasteiger partial charge on any atom is 0.417 e. The second-order valence-corrected chi connectivity index (χ2v) is 9.86. The van der Waals surface area contributed by atoms with Crippen LogP contribution in [0.15, 0.2) is 30.5 Å². The third-order valence-electron chi connectivity index (χ3n) is 7.38. The summed E-state index contributed by atoms with van der Waals surface area (Å²) in [4.78, 5) is 23.0. The van der Waals surface area contributed by atoms with Crippen LogP contribution in [0.25, 0.3) is 0 Å². The third kappa shape index (κ3) is 5.16. The molecule has 0 saturated carbocycles. The van der Waals surface area contributed by atoms with Gasteiger partial charge in [-0.15, -0.1) is 0 Å². The molecule has 0 unspecified atom stereocenters. The number of hydrogen-bond donors (Lipinski definition) is 0. The number of halogens is 3. The number of rotatable bonds is 7. The number of pyridine rings is 1. The summed E-state index contributed by atoms with van der Waals surface area (Å²) in [5, 5.41) is 0. The van der Waals surface area contributed by atoms with Crippen molar-refractivity contribution in [2.24, 2.45) is 0 Å². The molecule has 3 heterocycles. The summed E-state index contributed by atoms with van der Waals surface area (Å²) < 4.78 is 44.4. The zero-order valence-corrected chi connectivity index (χ0v) is 20.9. The number of ether oxygens (including phenoxy) is 1. The predicted molar refractivity (Wildman–Crippen MR) is 128 cm³/mol. The van der Waals surface area contributed by atoms with Crippen LogP contribution in [0.4, 0.5) is 13.2 Å². The number of amides is 1. The first-order chi connectivity index (χ1) is 16.5. The highest BCUT2D eigenvalue weighted by atomic mass is 19.4. The summed E-state index contributed by atoms with van der Waals surface area (Å²) >= 11 is 0. The van der Waals surface area contributed by atoms with E-state index < -0.39 is 11.7 Å². The van der Waals surface area contributed by atoms with Crippen LogP contribution in [-0.2, 0) is 6.18 Å². The predicted octanol–water partition coefficient (Wildman–Crippen LogP) is 4.32. The van der Waals surface area contributed by atoms with E-state index in [1.54, 1.807) is 4.90 Å². The number of likely N-dealkylation sites (tertiary alicyclic amines) is 2. The van der Waals surface area contributed by atoms with Gasteiger partial charge >= 0.3 is 6.18 Å².